The van der Waals surface area contributed by atoms with E-state index in [0.29, 0.717) is 28.1 Å². The van der Waals surface area contributed by atoms with Crippen molar-refractivity contribution in [1.29, 1.82) is 5.26 Å². The van der Waals surface area contributed by atoms with Gasteiger partial charge in [0.2, 0.25) is 0 Å². The van der Waals surface area contributed by atoms with Crippen LogP contribution in [0.1, 0.15) is 49.1 Å². The van der Waals surface area contributed by atoms with E-state index < -0.39 is 11.7 Å². The molecule has 1 saturated carbocycles. The fourth-order valence-electron chi connectivity index (χ4n) is 4.46. The second kappa shape index (κ2) is 7.13. The van der Waals surface area contributed by atoms with Crippen molar-refractivity contribution in [2.24, 2.45) is 0 Å². The summed E-state index contributed by atoms with van der Waals surface area (Å²) in [5.41, 5.74) is 3.97. The van der Waals surface area contributed by atoms with Crippen LogP contribution in [-0.2, 0) is 11.0 Å². The van der Waals surface area contributed by atoms with E-state index in [1.54, 1.807) is 12.1 Å². The van der Waals surface area contributed by atoms with E-state index in [-0.39, 0.29) is 16.7 Å². The molecule has 8 heteroatoms. The van der Waals surface area contributed by atoms with Crippen molar-refractivity contribution in [3.05, 3.63) is 59.4 Å². The molecule has 0 atom stereocenters. The van der Waals surface area contributed by atoms with Crippen LogP contribution in [0.2, 0.25) is 0 Å². The van der Waals surface area contributed by atoms with Gasteiger partial charge < -0.3 is 4.98 Å². The highest BCUT2D eigenvalue weighted by molar-refractivity contribution is 5.89. The van der Waals surface area contributed by atoms with E-state index in [4.69, 9.17) is 4.84 Å². The van der Waals surface area contributed by atoms with Gasteiger partial charge in [-0.25, -0.2) is 4.98 Å². The van der Waals surface area contributed by atoms with Crippen molar-refractivity contribution in [1.82, 2.24) is 15.4 Å². The molecule has 5 rings (SSSR count). The van der Waals surface area contributed by atoms with Gasteiger partial charge in [0.25, 0.3) is 0 Å². The largest absolute Gasteiger partial charge is 0.417 e. The van der Waals surface area contributed by atoms with Crippen molar-refractivity contribution in [2.45, 2.75) is 43.9 Å². The Balaban J connectivity index is 1.60. The summed E-state index contributed by atoms with van der Waals surface area (Å²) < 4.78 is 40.5. The number of hydroxylamine groups is 1. The van der Waals surface area contributed by atoms with Crippen LogP contribution >= 0.6 is 0 Å². The lowest BCUT2D eigenvalue weighted by atomic mass is 9.84. The first-order chi connectivity index (χ1) is 14.9. The average molecular weight is 424 g/mol. The highest BCUT2D eigenvalue weighted by Crippen LogP contribution is 2.40. The Kier molecular flexibility index (Phi) is 4.52. The van der Waals surface area contributed by atoms with E-state index in [1.807, 2.05) is 6.08 Å². The van der Waals surface area contributed by atoms with Gasteiger partial charge in [0.15, 0.2) is 5.82 Å². The summed E-state index contributed by atoms with van der Waals surface area (Å²) in [4.78, 5) is 13.5. The molecule has 2 heterocycles. The summed E-state index contributed by atoms with van der Waals surface area (Å²) >= 11 is 0. The van der Waals surface area contributed by atoms with E-state index >= 15 is 0 Å². The third-order valence-corrected chi connectivity index (χ3v) is 5.98. The number of benzene rings is 2. The molecule has 0 unspecified atom stereocenters. The minimum absolute atomic E-state index is 0.0206. The van der Waals surface area contributed by atoms with Crippen LogP contribution in [0, 0.1) is 11.3 Å². The van der Waals surface area contributed by atoms with Gasteiger partial charge in [-0.3, -0.25) is 10.3 Å². The van der Waals surface area contributed by atoms with Gasteiger partial charge in [0, 0.05) is 0 Å². The molecule has 0 amide bonds. The lowest BCUT2D eigenvalue weighted by Crippen LogP contribution is -2.31. The van der Waals surface area contributed by atoms with Crippen LogP contribution < -0.4 is 5.48 Å². The molecule has 158 valence electrons. The molecule has 0 saturated heterocycles. The van der Waals surface area contributed by atoms with Crippen molar-refractivity contribution in [2.75, 3.05) is 0 Å². The van der Waals surface area contributed by atoms with Gasteiger partial charge in [0.1, 0.15) is 22.9 Å². The molecule has 3 aromatic rings. The number of nitrogens with zero attached hydrogens (tertiary/aromatic N) is 2. The number of alkyl halides is 3. The van der Waals surface area contributed by atoms with Crippen molar-refractivity contribution < 1.29 is 18.0 Å². The molecule has 0 bridgehead atoms. The lowest BCUT2D eigenvalue weighted by molar-refractivity contribution is -0.137. The maximum Gasteiger partial charge on any atom is 0.417 e. The molecule has 1 aromatic heterocycles. The molecule has 1 fully saturated rings. The summed E-state index contributed by atoms with van der Waals surface area (Å²) in [6.45, 7) is 0. The van der Waals surface area contributed by atoms with Gasteiger partial charge in [-0.2, -0.15) is 18.4 Å². The first-order valence-corrected chi connectivity index (χ1v) is 10.2. The number of imidazole rings is 1. The monoisotopic (exact) mass is 424 g/mol. The number of H-pyrrole nitrogens is 1. The summed E-state index contributed by atoms with van der Waals surface area (Å²) in [6.07, 6.45) is 2.74. The van der Waals surface area contributed by atoms with Crippen molar-refractivity contribution in [3.8, 4) is 17.2 Å². The molecular weight excluding hydrogens is 405 g/mol. The van der Waals surface area contributed by atoms with Crippen LogP contribution in [0.25, 0.3) is 27.9 Å². The zero-order chi connectivity index (χ0) is 21.6. The van der Waals surface area contributed by atoms with E-state index in [2.05, 4.69) is 21.5 Å². The Bertz CT molecular complexity index is 1230. The van der Waals surface area contributed by atoms with E-state index in [1.165, 1.54) is 24.6 Å². The predicted octanol–water partition coefficient (Wildman–Crippen LogP) is 5.70. The van der Waals surface area contributed by atoms with Crippen molar-refractivity contribution >= 4 is 16.7 Å². The lowest BCUT2D eigenvalue weighted by Gasteiger charge is -2.29. The van der Waals surface area contributed by atoms with Gasteiger partial charge >= 0.3 is 6.18 Å². The molecular formula is C23H19F3N4O. The maximum absolute atomic E-state index is 13.5. The first kappa shape index (κ1) is 19.6. The number of halogens is 3. The van der Waals surface area contributed by atoms with Gasteiger partial charge in [-0.15, -0.1) is 0 Å². The fraction of sp³-hybridized carbons (Fsp3) is 0.304. The third-order valence-electron chi connectivity index (χ3n) is 5.98. The Morgan fingerprint density at radius 1 is 1.10 bits per heavy atom. The second-order valence-corrected chi connectivity index (χ2v) is 8.05. The van der Waals surface area contributed by atoms with E-state index in [0.717, 1.165) is 31.7 Å². The van der Waals surface area contributed by atoms with Gasteiger partial charge in [0.05, 0.1) is 16.6 Å². The fourth-order valence-corrected chi connectivity index (χ4v) is 4.46. The van der Waals surface area contributed by atoms with Crippen LogP contribution in [0.5, 0.6) is 0 Å². The first-order valence-electron chi connectivity index (χ1n) is 10.2. The summed E-state index contributed by atoms with van der Waals surface area (Å²) in [5.74, 6) is 0.496. The van der Waals surface area contributed by atoms with Gasteiger partial charge in [-0.05, 0) is 48.2 Å². The Morgan fingerprint density at radius 3 is 2.61 bits per heavy atom. The molecule has 31 heavy (non-hydrogen) atoms. The molecule has 5 nitrogen and oxygen atoms in total. The second-order valence-electron chi connectivity index (χ2n) is 8.05. The van der Waals surface area contributed by atoms with Crippen LogP contribution in [0.4, 0.5) is 13.2 Å². The van der Waals surface area contributed by atoms with Crippen LogP contribution in [0.3, 0.4) is 0 Å². The smallest absolute Gasteiger partial charge is 0.337 e. The number of fused-ring (bicyclic) bond motifs is 1. The Labute approximate surface area is 176 Å². The molecule has 2 aromatic carbocycles. The number of nitriles is 1. The van der Waals surface area contributed by atoms with Crippen LogP contribution in [0.15, 0.2) is 42.5 Å². The van der Waals surface area contributed by atoms with E-state index in [9.17, 15) is 18.4 Å². The molecule has 0 radical (unpaired) electrons. The summed E-state index contributed by atoms with van der Waals surface area (Å²) in [5, 5.41) is 9.63. The topological polar surface area (TPSA) is 73.7 Å². The normalized spacial score (nSPS) is 18.1. The molecule has 1 aliphatic carbocycles. The quantitative estimate of drug-likeness (QED) is 0.554. The number of aromatic amines is 1. The minimum atomic E-state index is -4.50. The zero-order valence-electron chi connectivity index (χ0n) is 16.5. The molecule has 2 aliphatic rings. The number of aromatic nitrogens is 2. The van der Waals surface area contributed by atoms with Crippen molar-refractivity contribution in [3.63, 3.8) is 0 Å². The highest BCUT2D eigenvalue weighted by Gasteiger charge is 2.37. The molecule has 1 spiro atoms. The SMILES string of the molecule is N#Cc1cc(-c2ccccc2C(F)(F)F)cc2[nH]c(C3=CC4(CCCCC4)ON3)nc12. The predicted molar refractivity (Wildman–Crippen MR) is 109 cm³/mol. The average Bonchev–Trinajstić information content (AvgIpc) is 3.37. The number of rotatable bonds is 2. The van der Waals surface area contributed by atoms with Crippen LogP contribution in [-0.4, -0.2) is 15.6 Å². The van der Waals surface area contributed by atoms with Gasteiger partial charge in [-0.1, -0.05) is 37.5 Å². The highest BCUT2D eigenvalue weighted by atomic mass is 19.4. The molecule has 2 N–H and O–H groups in total. The summed E-state index contributed by atoms with van der Waals surface area (Å²) in [6, 6.07) is 10.5. The zero-order valence-corrected chi connectivity index (χ0v) is 16.5. The Hall–Kier alpha value is -3.31. The Morgan fingerprint density at radius 2 is 1.87 bits per heavy atom. The maximum atomic E-state index is 13.5. The number of nitrogens with one attached hydrogen (secondary N) is 2. The molecule has 1 aliphatic heterocycles. The summed E-state index contributed by atoms with van der Waals surface area (Å²) in [7, 11) is 0. The minimum Gasteiger partial charge on any atom is -0.337 e. The number of hydrogen-bond donors (Lipinski definition) is 2. The number of hydrogen-bond acceptors (Lipinski definition) is 4. The standard InChI is InChI=1S/C23H19F3N4O/c24-23(25,26)17-7-3-2-6-16(17)14-10-15(13-27)20-18(11-14)28-21(29-20)19-12-22(31-30-19)8-4-1-5-9-22/h2-3,6-7,10-12,30H,1,4-5,8-9H2,(H,28,29). The third kappa shape index (κ3) is 3.45.